The first kappa shape index (κ1) is 14.2. The predicted octanol–water partition coefficient (Wildman–Crippen LogP) is 1.23. The number of nitrogens with one attached hydrogen (secondary N) is 1. The monoisotopic (exact) mass is 269 g/mol. The van der Waals surface area contributed by atoms with Crippen molar-refractivity contribution in [1.82, 2.24) is 4.72 Å². The molecule has 6 heteroatoms. The van der Waals surface area contributed by atoms with E-state index < -0.39 is 15.6 Å². The van der Waals surface area contributed by atoms with E-state index in [0.29, 0.717) is 31.6 Å². The van der Waals surface area contributed by atoms with Crippen LogP contribution in [0.4, 0.5) is 0 Å². The van der Waals surface area contributed by atoms with E-state index in [2.05, 4.69) is 4.72 Å². The molecule has 2 N–H and O–H groups in total. The maximum absolute atomic E-state index is 11.5. The Morgan fingerprint density at radius 1 is 1.25 bits per heavy atom. The average molecular weight is 270 g/mol. The zero-order chi connectivity index (χ0) is 12.1. The molecule has 0 aromatic rings. The lowest BCUT2D eigenvalue weighted by atomic mass is 10.0. The second-order valence-electron chi connectivity index (χ2n) is 4.47. The van der Waals surface area contributed by atoms with Gasteiger partial charge in [0.2, 0.25) is 10.0 Å². The van der Waals surface area contributed by atoms with Gasteiger partial charge in [0.05, 0.1) is 11.4 Å². The lowest BCUT2D eigenvalue weighted by Crippen LogP contribution is -2.41. The Hall–Kier alpha value is 0.160. The fourth-order valence-corrected chi connectivity index (χ4v) is 3.32. The van der Waals surface area contributed by atoms with E-state index in [1.165, 1.54) is 0 Å². The number of sulfonamides is 1. The van der Waals surface area contributed by atoms with Gasteiger partial charge in [0.1, 0.15) is 0 Å². The van der Waals surface area contributed by atoms with Crippen molar-refractivity contribution in [2.75, 3.05) is 18.2 Å². The van der Waals surface area contributed by atoms with Crippen molar-refractivity contribution >= 4 is 21.6 Å². The quantitative estimate of drug-likeness (QED) is 0.540. The first-order valence-corrected chi connectivity index (χ1v) is 7.92. The highest BCUT2D eigenvalue weighted by molar-refractivity contribution is 7.89. The molecule has 96 valence electrons. The van der Waals surface area contributed by atoms with E-state index in [4.69, 9.17) is 11.6 Å². The smallest absolute Gasteiger partial charge is 0.211 e. The van der Waals surface area contributed by atoms with Gasteiger partial charge in [0.25, 0.3) is 0 Å². The molecule has 0 heterocycles. The van der Waals surface area contributed by atoms with Crippen molar-refractivity contribution < 1.29 is 13.5 Å². The third-order valence-corrected chi connectivity index (χ3v) is 4.63. The highest BCUT2D eigenvalue weighted by Gasteiger charge is 2.32. The Morgan fingerprint density at radius 3 is 2.44 bits per heavy atom. The van der Waals surface area contributed by atoms with Gasteiger partial charge >= 0.3 is 0 Å². The van der Waals surface area contributed by atoms with Crippen molar-refractivity contribution in [3.05, 3.63) is 0 Å². The summed E-state index contributed by atoms with van der Waals surface area (Å²) in [7, 11) is -3.25. The number of halogens is 1. The van der Waals surface area contributed by atoms with Gasteiger partial charge in [0.15, 0.2) is 0 Å². The second-order valence-corrected chi connectivity index (χ2v) is 6.77. The molecule has 4 nitrogen and oxygen atoms in total. The fraction of sp³-hybridized carbons (Fsp3) is 1.00. The molecule has 0 saturated heterocycles. The van der Waals surface area contributed by atoms with Crippen LogP contribution in [0.1, 0.15) is 38.5 Å². The van der Waals surface area contributed by atoms with Gasteiger partial charge in [0, 0.05) is 12.4 Å². The summed E-state index contributed by atoms with van der Waals surface area (Å²) in [6.07, 6.45) is 4.60. The molecule has 16 heavy (non-hydrogen) atoms. The zero-order valence-corrected chi connectivity index (χ0v) is 11.0. The molecule has 0 atom stereocenters. The van der Waals surface area contributed by atoms with Gasteiger partial charge in [-0.2, -0.15) is 0 Å². The summed E-state index contributed by atoms with van der Waals surface area (Å²) < 4.78 is 25.6. The molecular formula is C10H20ClNO3S. The van der Waals surface area contributed by atoms with Crippen LogP contribution in [0.15, 0.2) is 0 Å². The van der Waals surface area contributed by atoms with Gasteiger partial charge < -0.3 is 5.11 Å². The van der Waals surface area contributed by atoms with Crippen molar-refractivity contribution in [2.45, 2.75) is 44.1 Å². The van der Waals surface area contributed by atoms with Gasteiger partial charge in [-0.15, -0.1) is 11.6 Å². The number of alkyl halides is 1. The lowest BCUT2D eigenvalue weighted by Gasteiger charge is -2.22. The zero-order valence-electron chi connectivity index (χ0n) is 9.41. The number of rotatable bonds is 7. The molecule has 0 amide bonds. The normalized spacial score (nSPS) is 20.1. The summed E-state index contributed by atoms with van der Waals surface area (Å²) in [5.74, 6) is 0.579. The number of hydrogen-bond donors (Lipinski definition) is 2. The Morgan fingerprint density at radius 2 is 1.88 bits per heavy atom. The first-order valence-electron chi connectivity index (χ1n) is 5.73. The van der Waals surface area contributed by atoms with Gasteiger partial charge in [-0.1, -0.05) is 12.8 Å². The third-order valence-electron chi connectivity index (χ3n) is 2.95. The van der Waals surface area contributed by atoms with Crippen LogP contribution in [-0.4, -0.2) is 37.3 Å². The minimum atomic E-state index is -3.25. The number of hydrogen-bond acceptors (Lipinski definition) is 3. The molecule has 0 radical (unpaired) electrons. The number of aliphatic hydroxyl groups is 1. The summed E-state index contributed by atoms with van der Waals surface area (Å²) in [5, 5.41) is 9.98. The molecule has 1 saturated carbocycles. The molecule has 0 unspecified atom stereocenters. The molecule has 0 aromatic heterocycles. The van der Waals surface area contributed by atoms with Crippen molar-refractivity contribution in [2.24, 2.45) is 0 Å². The van der Waals surface area contributed by atoms with E-state index in [0.717, 1.165) is 12.8 Å². The molecule has 0 aromatic carbocycles. The SMILES string of the molecule is O=S(=O)(CCCCCl)NCC1(O)CCCC1. The molecule has 1 aliphatic rings. The minimum Gasteiger partial charge on any atom is -0.389 e. The van der Waals surface area contributed by atoms with E-state index in [9.17, 15) is 13.5 Å². The summed E-state index contributed by atoms with van der Waals surface area (Å²) in [6, 6.07) is 0. The van der Waals surface area contributed by atoms with Crippen LogP contribution in [-0.2, 0) is 10.0 Å². The van der Waals surface area contributed by atoms with Crippen molar-refractivity contribution in [3.63, 3.8) is 0 Å². The molecule has 0 spiro atoms. The molecule has 1 fully saturated rings. The highest BCUT2D eigenvalue weighted by atomic mass is 35.5. The average Bonchev–Trinajstić information content (AvgIpc) is 2.64. The van der Waals surface area contributed by atoms with Crippen LogP contribution >= 0.6 is 11.6 Å². The van der Waals surface area contributed by atoms with E-state index >= 15 is 0 Å². The van der Waals surface area contributed by atoms with E-state index in [1.54, 1.807) is 0 Å². The van der Waals surface area contributed by atoms with Gasteiger partial charge in [-0.05, 0) is 25.7 Å². The Kier molecular flexibility index (Phi) is 5.50. The summed E-state index contributed by atoms with van der Waals surface area (Å²) >= 11 is 5.48. The van der Waals surface area contributed by atoms with Gasteiger partial charge in [-0.25, -0.2) is 13.1 Å². The van der Waals surface area contributed by atoms with Crippen LogP contribution in [0.25, 0.3) is 0 Å². The summed E-state index contributed by atoms with van der Waals surface area (Å²) in [4.78, 5) is 0. The maximum Gasteiger partial charge on any atom is 0.211 e. The van der Waals surface area contributed by atoms with Crippen molar-refractivity contribution in [3.8, 4) is 0 Å². The van der Waals surface area contributed by atoms with E-state index in [-0.39, 0.29) is 12.3 Å². The molecule has 1 aliphatic carbocycles. The van der Waals surface area contributed by atoms with Crippen LogP contribution in [0.5, 0.6) is 0 Å². The third kappa shape index (κ3) is 4.99. The standard InChI is InChI=1S/C10H20ClNO3S/c11-7-3-4-8-16(14,15)12-9-10(13)5-1-2-6-10/h12-13H,1-9H2. The van der Waals surface area contributed by atoms with Crippen LogP contribution < -0.4 is 4.72 Å². The van der Waals surface area contributed by atoms with Crippen LogP contribution in [0.3, 0.4) is 0 Å². The molecule has 1 rings (SSSR count). The molecule has 0 bridgehead atoms. The fourth-order valence-electron chi connectivity index (χ4n) is 1.91. The van der Waals surface area contributed by atoms with Crippen molar-refractivity contribution in [1.29, 1.82) is 0 Å². The van der Waals surface area contributed by atoms with Gasteiger partial charge in [-0.3, -0.25) is 0 Å². The highest BCUT2D eigenvalue weighted by Crippen LogP contribution is 2.28. The van der Waals surface area contributed by atoms with Crippen LogP contribution in [0.2, 0.25) is 0 Å². The molecule has 0 aliphatic heterocycles. The van der Waals surface area contributed by atoms with E-state index in [1.807, 2.05) is 0 Å². The molecular weight excluding hydrogens is 250 g/mol. The largest absolute Gasteiger partial charge is 0.389 e. The second kappa shape index (κ2) is 6.19. The topological polar surface area (TPSA) is 66.4 Å². The maximum atomic E-state index is 11.5. The lowest BCUT2D eigenvalue weighted by molar-refractivity contribution is 0.0532. The Labute approximate surface area is 102 Å². The van der Waals surface area contributed by atoms with Crippen LogP contribution in [0, 0.1) is 0 Å². The summed E-state index contributed by atoms with van der Waals surface area (Å²) in [5.41, 5.74) is -0.820. The minimum absolute atomic E-state index is 0.0931. The number of unbranched alkanes of at least 4 members (excludes halogenated alkanes) is 1. The predicted molar refractivity (Wildman–Crippen MR) is 65.2 cm³/mol. The Bertz CT molecular complexity index is 299. The Balaban J connectivity index is 2.30. The summed E-state index contributed by atoms with van der Waals surface area (Å²) in [6.45, 7) is 0.149. The first-order chi connectivity index (χ1) is 7.47.